The van der Waals surface area contributed by atoms with E-state index in [-0.39, 0.29) is 12.3 Å². The highest BCUT2D eigenvalue weighted by Crippen LogP contribution is 2.23. The van der Waals surface area contributed by atoms with Crippen molar-refractivity contribution in [2.45, 2.75) is 12.5 Å². The molecule has 0 aliphatic rings. The van der Waals surface area contributed by atoms with Crippen LogP contribution in [0.3, 0.4) is 0 Å². The molecule has 0 bridgehead atoms. The van der Waals surface area contributed by atoms with Crippen molar-refractivity contribution in [2.75, 3.05) is 5.32 Å². The van der Waals surface area contributed by atoms with Crippen molar-refractivity contribution in [3.8, 4) is 5.69 Å². The topological polar surface area (TPSA) is 102 Å². The van der Waals surface area contributed by atoms with Gasteiger partial charge in [0.25, 0.3) is 0 Å². The molecule has 0 aliphatic heterocycles. The van der Waals surface area contributed by atoms with Crippen LogP contribution < -0.4 is 16.4 Å². The summed E-state index contributed by atoms with van der Waals surface area (Å²) < 4.78 is 1.85. The molecule has 0 saturated heterocycles. The highest BCUT2D eigenvalue weighted by atomic mass is 32.1. The van der Waals surface area contributed by atoms with Gasteiger partial charge in [-0.2, -0.15) is 0 Å². The summed E-state index contributed by atoms with van der Waals surface area (Å²) in [4.78, 5) is 28.5. The molecule has 3 aromatic rings. The van der Waals surface area contributed by atoms with E-state index in [1.165, 1.54) is 11.3 Å². The Morgan fingerprint density at radius 3 is 2.84 bits per heavy atom. The van der Waals surface area contributed by atoms with Gasteiger partial charge in [0.15, 0.2) is 0 Å². The number of anilines is 1. The van der Waals surface area contributed by atoms with Gasteiger partial charge in [0.2, 0.25) is 5.91 Å². The van der Waals surface area contributed by atoms with E-state index >= 15 is 0 Å². The standard InChI is InChI=1S/C17H17N5O2S/c18-17(24)21-14(15-5-2-8-25-15)10-16(23)20-12-3-1-4-13(9-12)22-7-6-19-11-22/h1-9,11,14H,10H2,(H,20,23)(H3,18,21,24). The third-order valence-corrected chi connectivity index (χ3v) is 4.51. The lowest BCUT2D eigenvalue weighted by molar-refractivity contribution is -0.116. The van der Waals surface area contributed by atoms with Crippen molar-refractivity contribution >= 4 is 29.0 Å². The molecule has 7 nitrogen and oxygen atoms in total. The SMILES string of the molecule is NC(=O)NC(CC(=O)Nc1cccc(-n2ccnc2)c1)c1cccs1. The van der Waals surface area contributed by atoms with Crippen molar-refractivity contribution in [3.05, 3.63) is 65.4 Å². The van der Waals surface area contributed by atoms with E-state index in [1.54, 1.807) is 18.6 Å². The average Bonchev–Trinajstić information content (AvgIpc) is 3.28. The summed E-state index contributed by atoms with van der Waals surface area (Å²) in [6.07, 6.45) is 5.29. The molecular formula is C17H17N5O2S. The van der Waals surface area contributed by atoms with E-state index < -0.39 is 12.1 Å². The number of amides is 3. The molecule has 128 valence electrons. The van der Waals surface area contributed by atoms with Crippen molar-refractivity contribution in [3.63, 3.8) is 0 Å². The lowest BCUT2D eigenvalue weighted by Gasteiger charge is -2.16. The van der Waals surface area contributed by atoms with Gasteiger partial charge in [0.1, 0.15) is 0 Å². The van der Waals surface area contributed by atoms with Gasteiger partial charge >= 0.3 is 6.03 Å². The molecule has 25 heavy (non-hydrogen) atoms. The van der Waals surface area contributed by atoms with Crippen LogP contribution in [-0.2, 0) is 4.79 Å². The number of benzene rings is 1. The third-order valence-electron chi connectivity index (χ3n) is 3.53. The Morgan fingerprint density at radius 2 is 2.16 bits per heavy atom. The largest absolute Gasteiger partial charge is 0.352 e. The molecule has 3 amide bonds. The third kappa shape index (κ3) is 4.45. The first-order chi connectivity index (χ1) is 12.1. The number of aromatic nitrogens is 2. The van der Waals surface area contributed by atoms with Crippen LogP contribution in [0.4, 0.5) is 10.5 Å². The minimum Gasteiger partial charge on any atom is -0.352 e. The minimum absolute atomic E-state index is 0.0960. The first-order valence-electron chi connectivity index (χ1n) is 7.59. The molecule has 0 spiro atoms. The molecule has 4 N–H and O–H groups in total. The lowest BCUT2D eigenvalue weighted by atomic mass is 10.1. The second-order valence-corrected chi connectivity index (χ2v) is 6.33. The van der Waals surface area contributed by atoms with Crippen LogP contribution in [0.1, 0.15) is 17.3 Å². The van der Waals surface area contributed by atoms with Crippen LogP contribution in [0.2, 0.25) is 0 Å². The zero-order valence-corrected chi connectivity index (χ0v) is 14.1. The van der Waals surface area contributed by atoms with E-state index in [0.29, 0.717) is 5.69 Å². The molecule has 0 fully saturated rings. The molecular weight excluding hydrogens is 338 g/mol. The van der Waals surface area contributed by atoms with E-state index in [1.807, 2.05) is 46.5 Å². The number of primary amides is 1. The number of hydrogen-bond acceptors (Lipinski definition) is 4. The maximum absolute atomic E-state index is 12.4. The van der Waals surface area contributed by atoms with E-state index in [9.17, 15) is 9.59 Å². The van der Waals surface area contributed by atoms with E-state index in [0.717, 1.165) is 10.6 Å². The van der Waals surface area contributed by atoms with Crippen molar-refractivity contribution in [1.82, 2.24) is 14.9 Å². The van der Waals surface area contributed by atoms with Crippen molar-refractivity contribution in [2.24, 2.45) is 5.73 Å². The average molecular weight is 355 g/mol. The number of imidazole rings is 1. The van der Waals surface area contributed by atoms with Gasteiger partial charge < -0.3 is 20.9 Å². The maximum Gasteiger partial charge on any atom is 0.312 e. The second-order valence-electron chi connectivity index (χ2n) is 5.35. The Bertz CT molecular complexity index is 846. The van der Waals surface area contributed by atoms with Crippen LogP contribution in [0.5, 0.6) is 0 Å². The number of nitrogens with two attached hydrogens (primary N) is 1. The predicted molar refractivity (Wildman–Crippen MR) is 96.6 cm³/mol. The Morgan fingerprint density at radius 1 is 1.28 bits per heavy atom. The molecule has 1 unspecified atom stereocenters. The lowest BCUT2D eigenvalue weighted by Crippen LogP contribution is -2.34. The summed E-state index contributed by atoms with van der Waals surface area (Å²) in [6, 6.07) is 10.0. The fraction of sp³-hybridized carbons (Fsp3) is 0.118. The highest BCUT2D eigenvalue weighted by Gasteiger charge is 2.18. The fourth-order valence-corrected chi connectivity index (χ4v) is 3.22. The molecule has 0 aliphatic carbocycles. The molecule has 0 saturated carbocycles. The van der Waals surface area contributed by atoms with Crippen LogP contribution >= 0.6 is 11.3 Å². The summed E-state index contributed by atoms with van der Waals surface area (Å²) >= 11 is 1.46. The van der Waals surface area contributed by atoms with Gasteiger partial charge in [0.05, 0.1) is 18.8 Å². The number of rotatable bonds is 6. The Hall–Kier alpha value is -3.13. The van der Waals surface area contributed by atoms with Crippen molar-refractivity contribution < 1.29 is 9.59 Å². The molecule has 8 heteroatoms. The summed E-state index contributed by atoms with van der Waals surface area (Å²) in [6.45, 7) is 0. The number of carbonyl (C=O) groups excluding carboxylic acids is 2. The molecule has 1 atom stereocenters. The number of nitrogens with one attached hydrogen (secondary N) is 2. The zero-order valence-electron chi connectivity index (χ0n) is 13.3. The summed E-state index contributed by atoms with van der Waals surface area (Å²) in [5, 5.41) is 7.34. The molecule has 2 aromatic heterocycles. The first kappa shape index (κ1) is 16.7. The summed E-state index contributed by atoms with van der Waals surface area (Å²) in [5.74, 6) is -0.213. The zero-order chi connectivity index (χ0) is 17.6. The number of urea groups is 1. The van der Waals surface area contributed by atoms with Crippen LogP contribution in [0, 0.1) is 0 Å². The van der Waals surface area contributed by atoms with Crippen LogP contribution in [0.15, 0.2) is 60.5 Å². The van der Waals surface area contributed by atoms with Gasteiger partial charge in [-0.3, -0.25) is 4.79 Å². The Balaban J connectivity index is 1.69. The smallest absolute Gasteiger partial charge is 0.312 e. The Kier molecular flexibility index (Phi) is 5.10. The van der Waals surface area contributed by atoms with Crippen molar-refractivity contribution in [1.29, 1.82) is 0 Å². The van der Waals surface area contributed by atoms with Gasteiger partial charge in [-0.15, -0.1) is 11.3 Å². The number of hydrogen-bond donors (Lipinski definition) is 3. The molecule has 2 heterocycles. The normalized spacial score (nSPS) is 11.7. The number of carbonyl (C=O) groups is 2. The number of nitrogens with zero attached hydrogens (tertiary/aromatic N) is 2. The van der Waals surface area contributed by atoms with E-state index in [4.69, 9.17) is 5.73 Å². The highest BCUT2D eigenvalue weighted by molar-refractivity contribution is 7.10. The van der Waals surface area contributed by atoms with Crippen LogP contribution in [-0.4, -0.2) is 21.5 Å². The monoisotopic (exact) mass is 355 g/mol. The summed E-state index contributed by atoms with van der Waals surface area (Å²) in [7, 11) is 0. The van der Waals surface area contributed by atoms with Gasteiger partial charge in [-0.1, -0.05) is 12.1 Å². The fourth-order valence-electron chi connectivity index (χ4n) is 2.44. The predicted octanol–water partition coefficient (Wildman–Crippen LogP) is 2.67. The van der Waals surface area contributed by atoms with Gasteiger partial charge in [-0.05, 0) is 29.6 Å². The summed E-state index contributed by atoms with van der Waals surface area (Å²) in [5.41, 5.74) is 6.77. The van der Waals surface area contributed by atoms with Gasteiger partial charge in [0, 0.05) is 28.6 Å². The maximum atomic E-state index is 12.4. The molecule has 0 radical (unpaired) electrons. The molecule has 1 aromatic carbocycles. The molecule has 3 rings (SSSR count). The first-order valence-corrected chi connectivity index (χ1v) is 8.47. The second kappa shape index (κ2) is 7.63. The van der Waals surface area contributed by atoms with Gasteiger partial charge in [-0.25, -0.2) is 9.78 Å². The quantitative estimate of drug-likeness (QED) is 0.633. The minimum atomic E-state index is -0.659. The van der Waals surface area contributed by atoms with Crippen LogP contribution in [0.25, 0.3) is 5.69 Å². The number of thiophene rings is 1. The Labute approximate surface area is 148 Å². The van der Waals surface area contributed by atoms with E-state index in [2.05, 4.69) is 15.6 Å².